The third-order valence-electron chi connectivity index (χ3n) is 2.59. The molecule has 7 heteroatoms. The molecule has 0 saturated heterocycles. The predicted octanol–water partition coefficient (Wildman–Crippen LogP) is 3.75. The SMILES string of the molecule is CC(Sc1cccc[n+]1[O-])C(=O)Nc1cc(Cl)cc(Cl)c1. The number of amides is 1. The third-order valence-corrected chi connectivity index (χ3v) is 4.15. The standard InChI is InChI=1S/C14H12Cl2N2O2S/c1-9(21-13-4-2-3-5-18(13)20)14(19)17-12-7-10(15)6-11(16)8-12/h2-9H,1H3,(H,17,19). The number of carbonyl (C=O) groups is 1. The van der Waals surface area contributed by atoms with E-state index in [4.69, 9.17) is 23.2 Å². The highest BCUT2D eigenvalue weighted by molar-refractivity contribution is 8.00. The van der Waals surface area contributed by atoms with Crippen molar-refractivity contribution in [2.75, 3.05) is 5.32 Å². The van der Waals surface area contributed by atoms with Crippen LogP contribution in [0.15, 0.2) is 47.6 Å². The fourth-order valence-corrected chi connectivity index (χ4v) is 2.98. The minimum atomic E-state index is -0.439. The lowest BCUT2D eigenvalue weighted by atomic mass is 10.3. The average molecular weight is 343 g/mol. The zero-order valence-electron chi connectivity index (χ0n) is 11.0. The second kappa shape index (κ2) is 7.02. The van der Waals surface area contributed by atoms with Crippen LogP contribution in [-0.2, 0) is 4.79 Å². The van der Waals surface area contributed by atoms with Crippen molar-refractivity contribution in [1.29, 1.82) is 0 Å². The largest absolute Gasteiger partial charge is 0.618 e. The van der Waals surface area contributed by atoms with Crippen LogP contribution in [0.25, 0.3) is 0 Å². The summed E-state index contributed by atoms with van der Waals surface area (Å²) in [5.41, 5.74) is 0.521. The maximum Gasteiger partial charge on any atom is 0.252 e. The Morgan fingerprint density at radius 3 is 2.57 bits per heavy atom. The molecule has 1 aromatic carbocycles. The highest BCUT2D eigenvalue weighted by Crippen LogP contribution is 2.24. The van der Waals surface area contributed by atoms with Gasteiger partial charge in [-0.3, -0.25) is 4.79 Å². The molecule has 1 heterocycles. The number of thioether (sulfide) groups is 1. The molecule has 1 N–H and O–H groups in total. The molecule has 2 rings (SSSR count). The lowest BCUT2D eigenvalue weighted by molar-refractivity contribution is -0.645. The van der Waals surface area contributed by atoms with Crippen molar-refractivity contribution in [2.45, 2.75) is 17.2 Å². The Bertz CT molecular complexity index is 647. The highest BCUT2D eigenvalue weighted by atomic mass is 35.5. The van der Waals surface area contributed by atoms with Crippen molar-refractivity contribution >= 4 is 46.6 Å². The molecule has 0 saturated carbocycles. The molecule has 110 valence electrons. The van der Waals surface area contributed by atoms with E-state index in [-0.39, 0.29) is 5.91 Å². The molecule has 1 aromatic heterocycles. The van der Waals surface area contributed by atoms with Gasteiger partial charge in [0.1, 0.15) is 0 Å². The first-order chi connectivity index (χ1) is 9.95. The fourth-order valence-electron chi connectivity index (χ4n) is 1.61. The molecular formula is C14H12Cl2N2O2S. The van der Waals surface area contributed by atoms with Gasteiger partial charge >= 0.3 is 0 Å². The number of halogens is 2. The Labute approximate surface area is 136 Å². The zero-order valence-corrected chi connectivity index (χ0v) is 13.4. The summed E-state index contributed by atoms with van der Waals surface area (Å²) in [4.78, 5) is 12.1. The van der Waals surface area contributed by atoms with Crippen molar-refractivity contribution in [2.24, 2.45) is 0 Å². The van der Waals surface area contributed by atoms with E-state index in [9.17, 15) is 10.0 Å². The Hall–Kier alpha value is -1.43. The number of hydrogen-bond donors (Lipinski definition) is 1. The van der Waals surface area contributed by atoms with Gasteiger partial charge in [0, 0.05) is 27.9 Å². The van der Waals surface area contributed by atoms with Crippen LogP contribution in [0.2, 0.25) is 10.0 Å². The van der Waals surface area contributed by atoms with E-state index in [1.54, 1.807) is 43.3 Å². The third kappa shape index (κ3) is 4.52. The first-order valence-electron chi connectivity index (χ1n) is 6.07. The van der Waals surface area contributed by atoms with Crippen LogP contribution < -0.4 is 10.0 Å². The van der Waals surface area contributed by atoms with Crippen molar-refractivity contribution in [3.8, 4) is 0 Å². The predicted molar refractivity (Wildman–Crippen MR) is 85.8 cm³/mol. The molecule has 0 bridgehead atoms. The number of aromatic nitrogens is 1. The van der Waals surface area contributed by atoms with Crippen LogP contribution in [0, 0.1) is 5.21 Å². The maximum atomic E-state index is 12.1. The van der Waals surface area contributed by atoms with E-state index in [1.807, 2.05) is 0 Å². The monoisotopic (exact) mass is 342 g/mol. The number of nitrogens with zero attached hydrogens (tertiary/aromatic N) is 1. The molecule has 0 spiro atoms. The molecule has 0 aliphatic heterocycles. The lowest BCUT2D eigenvalue weighted by Gasteiger charge is -2.12. The molecule has 1 amide bonds. The van der Waals surface area contributed by atoms with Crippen molar-refractivity contribution in [3.05, 3.63) is 57.8 Å². The molecule has 0 aliphatic carbocycles. The van der Waals surface area contributed by atoms with Crippen molar-refractivity contribution in [1.82, 2.24) is 0 Å². The summed E-state index contributed by atoms with van der Waals surface area (Å²) in [6.07, 6.45) is 1.39. The smallest absolute Gasteiger partial charge is 0.252 e. The highest BCUT2D eigenvalue weighted by Gasteiger charge is 2.19. The van der Waals surface area contributed by atoms with Gasteiger partial charge in [-0.25, -0.2) is 0 Å². The van der Waals surface area contributed by atoms with E-state index in [0.29, 0.717) is 20.8 Å². The summed E-state index contributed by atoms with van der Waals surface area (Å²) in [6, 6.07) is 9.85. The Morgan fingerprint density at radius 2 is 1.95 bits per heavy atom. The summed E-state index contributed by atoms with van der Waals surface area (Å²) in [7, 11) is 0. The topological polar surface area (TPSA) is 56.0 Å². The summed E-state index contributed by atoms with van der Waals surface area (Å²) < 4.78 is 0.727. The number of anilines is 1. The number of hydrogen-bond acceptors (Lipinski definition) is 3. The van der Waals surface area contributed by atoms with Gasteiger partial charge in [0.05, 0.1) is 5.25 Å². The normalized spacial score (nSPS) is 12.0. The first-order valence-corrected chi connectivity index (χ1v) is 7.71. The lowest BCUT2D eigenvalue weighted by Crippen LogP contribution is -2.30. The number of nitrogens with one attached hydrogen (secondary N) is 1. The first kappa shape index (κ1) is 15.9. The molecule has 0 fully saturated rings. The molecular weight excluding hydrogens is 331 g/mol. The van der Waals surface area contributed by atoms with Crippen LogP contribution in [0.4, 0.5) is 5.69 Å². The second-order valence-electron chi connectivity index (χ2n) is 4.27. The average Bonchev–Trinajstić information content (AvgIpc) is 2.40. The molecule has 4 nitrogen and oxygen atoms in total. The van der Waals surface area contributed by atoms with Gasteiger partial charge in [-0.05, 0) is 43.0 Å². The number of pyridine rings is 1. The quantitative estimate of drug-likeness (QED) is 0.523. The van der Waals surface area contributed by atoms with Crippen LogP contribution in [0.5, 0.6) is 0 Å². The van der Waals surface area contributed by atoms with E-state index in [1.165, 1.54) is 18.0 Å². The van der Waals surface area contributed by atoms with Gasteiger partial charge in [0.15, 0.2) is 6.20 Å². The Morgan fingerprint density at radius 1 is 1.29 bits per heavy atom. The van der Waals surface area contributed by atoms with E-state index >= 15 is 0 Å². The maximum absolute atomic E-state index is 12.1. The molecule has 1 unspecified atom stereocenters. The van der Waals surface area contributed by atoms with Crippen molar-refractivity contribution < 1.29 is 9.52 Å². The van der Waals surface area contributed by atoms with Crippen LogP contribution in [0.1, 0.15) is 6.92 Å². The molecule has 0 aliphatic rings. The van der Waals surface area contributed by atoms with E-state index in [0.717, 1.165) is 4.73 Å². The van der Waals surface area contributed by atoms with Gasteiger partial charge in [-0.1, -0.05) is 23.2 Å². The number of rotatable bonds is 4. The summed E-state index contributed by atoms with van der Waals surface area (Å²) in [6.45, 7) is 1.72. The van der Waals surface area contributed by atoms with Crippen LogP contribution in [-0.4, -0.2) is 11.2 Å². The van der Waals surface area contributed by atoms with Crippen LogP contribution >= 0.6 is 35.0 Å². The van der Waals surface area contributed by atoms with Crippen molar-refractivity contribution in [3.63, 3.8) is 0 Å². The number of benzene rings is 1. The molecule has 0 radical (unpaired) electrons. The fraction of sp³-hybridized carbons (Fsp3) is 0.143. The molecule has 2 aromatic rings. The summed E-state index contributed by atoms with van der Waals surface area (Å²) in [5.74, 6) is -0.234. The van der Waals surface area contributed by atoms with Gasteiger partial charge < -0.3 is 10.5 Å². The van der Waals surface area contributed by atoms with Gasteiger partial charge in [0.2, 0.25) is 5.91 Å². The van der Waals surface area contributed by atoms with E-state index in [2.05, 4.69) is 5.32 Å². The molecule has 21 heavy (non-hydrogen) atoms. The summed E-state index contributed by atoms with van der Waals surface area (Å²) >= 11 is 12.9. The number of carbonyl (C=O) groups excluding carboxylic acids is 1. The Kier molecular flexibility index (Phi) is 5.33. The minimum absolute atomic E-state index is 0.234. The minimum Gasteiger partial charge on any atom is -0.618 e. The van der Waals surface area contributed by atoms with Crippen LogP contribution in [0.3, 0.4) is 0 Å². The molecule has 1 atom stereocenters. The van der Waals surface area contributed by atoms with Gasteiger partial charge in [-0.2, -0.15) is 4.73 Å². The second-order valence-corrected chi connectivity index (χ2v) is 6.51. The Balaban J connectivity index is 2.04. The zero-order chi connectivity index (χ0) is 15.4. The van der Waals surface area contributed by atoms with Gasteiger partial charge in [0.25, 0.3) is 5.03 Å². The summed E-state index contributed by atoms with van der Waals surface area (Å²) in [5, 5.41) is 15.2. The van der Waals surface area contributed by atoms with E-state index < -0.39 is 5.25 Å². The van der Waals surface area contributed by atoms with Gasteiger partial charge in [-0.15, -0.1) is 0 Å².